The summed E-state index contributed by atoms with van der Waals surface area (Å²) in [5.74, 6) is 1.35. The molecule has 0 spiro atoms. The van der Waals surface area contributed by atoms with Crippen LogP contribution in [0.2, 0.25) is 5.02 Å². The van der Waals surface area contributed by atoms with E-state index in [2.05, 4.69) is 39.3 Å². The molecule has 2 rings (SSSR count). The second-order valence-corrected chi connectivity index (χ2v) is 6.05. The van der Waals surface area contributed by atoms with Crippen LogP contribution < -0.4 is 10.6 Å². The van der Waals surface area contributed by atoms with Gasteiger partial charge in [0.05, 0.1) is 6.20 Å². The van der Waals surface area contributed by atoms with Crippen molar-refractivity contribution in [3.63, 3.8) is 0 Å². The predicted octanol–water partition coefficient (Wildman–Crippen LogP) is 3.24. The number of nitrogens with zero attached hydrogens (tertiary/aromatic N) is 3. The van der Waals surface area contributed by atoms with E-state index in [-0.39, 0.29) is 0 Å². The summed E-state index contributed by atoms with van der Waals surface area (Å²) < 4.78 is 0. The maximum Gasteiger partial charge on any atom is 0.224 e. The molecule has 1 atom stereocenters. The van der Waals surface area contributed by atoms with Crippen molar-refractivity contribution in [3.05, 3.63) is 11.2 Å². The van der Waals surface area contributed by atoms with Crippen LogP contribution in [-0.2, 0) is 0 Å². The van der Waals surface area contributed by atoms with Crippen molar-refractivity contribution >= 4 is 23.4 Å². The summed E-state index contributed by atoms with van der Waals surface area (Å²) in [7, 11) is 0. The zero-order valence-corrected chi connectivity index (χ0v) is 13.8. The summed E-state index contributed by atoms with van der Waals surface area (Å²) in [4.78, 5) is 11.2. The normalized spacial score (nSPS) is 17.5. The van der Waals surface area contributed by atoms with Crippen LogP contribution in [0, 0.1) is 0 Å². The van der Waals surface area contributed by atoms with Gasteiger partial charge in [-0.15, -0.1) is 0 Å². The highest BCUT2D eigenvalue weighted by atomic mass is 35.5. The average Bonchev–Trinajstić information content (AvgIpc) is 2.53. The molecule has 1 saturated heterocycles. The van der Waals surface area contributed by atoms with Gasteiger partial charge in [-0.25, -0.2) is 4.98 Å². The molecule has 2 heterocycles. The molecule has 0 aliphatic carbocycles. The Morgan fingerprint density at radius 2 is 2.05 bits per heavy atom. The second kappa shape index (κ2) is 8.39. The highest BCUT2D eigenvalue weighted by Gasteiger charge is 2.17. The maximum atomic E-state index is 6.17. The van der Waals surface area contributed by atoms with E-state index in [0.717, 1.165) is 19.5 Å². The van der Waals surface area contributed by atoms with Gasteiger partial charge < -0.3 is 10.6 Å². The third-order valence-electron chi connectivity index (χ3n) is 3.86. The molecule has 0 aromatic carbocycles. The molecule has 5 nitrogen and oxygen atoms in total. The van der Waals surface area contributed by atoms with Gasteiger partial charge in [-0.3, -0.25) is 4.90 Å². The topological polar surface area (TPSA) is 53.1 Å². The Balaban J connectivity index is 1.88. The number of nitrogens with one attached hydrogen (secondary N) is 2. The fourth-order valence-corrected chi connectivity index (χ4v) is 2.70. The SMILES string of the molecule is CCCNc1ncc(Cl)c(NCC(C)N2CCCCC2)n1. The molecule has 1 aromatic rings. The van der Waals surface area contributed by atoms with Crippen molar-refractivity contribution in [2.45, 2.75) is 45.6 Å². The Morgan fingerprint density at radius 3 is 2.76 bits per heavy atom. The van der Waals surface area contributed by atoms with Gasteiger partial charge in [0.15, 0.2) is 5.82 Å². The van der Waals surface area contributed by atoms with Crippen molar-refractivity contribution in [2.75, 3.05) is 36.8 Å². The number of aromatic nitrogens is 2. The number of hydrogen-bond acceptors (Lipinski definition) is 5. The summed E-state index contributed by atoms with van der Waals surface area (Å²) in [6, 6.07) is 0.489. The van der Waals surface area contributed by atoms with Gasteiger partial charge in [0, 0.05) is 19.1 Å². The van der Waals surface area contributed by atoms with E-state index in [9.17, 15) is 0 Å². The largest absolute Gasteiger partial charge is 0.367 e. The van der Waals surface area contributed by atoms with Crippen molar-refractivity contribution in [2.24, 2.45) is 0 Å². The first kappa shape index (κ1) is 16.3. The highest BCUT2D eigenvalue weighted by Crippen LogP contribution is 2.20. The molecule has 1 aliphatic heterocycles. The summed E-state index contributed by atoms with van der Waals surface area (Å²) in [6.45, 7) is 8.48. The van der Waals surface area contributed by atoms with E-state index in [1.54, 1.807) is 6.20 Å². The predicted molar refractivity (Wildman–Crippen MR) is 89.2 cm³/mol. The molecule has 21 heavy (non-hydrogen) atoms. The minimum absolute atomic E-state index is 0.489. The summed E-state index contributed by atoms with van der Waals surface area (Å²) >= 11 is 6.17. The van der Waals surface area contributed by atoms with Crippen LogP contribution >= 0.6 is 11.6 Å². The van der Waals surface area contributed by atoms with Crippen LogP contribution in [-0.4, -0.2) is 47.1 Å². The number of hydrogen-bond donors (Lipinski definition) is 2. The first-order valence-corrected chi connectivity index (χ1v) is 8.33. The van der Waals surface area contributed by atoms with Crippen LogP contribution in [0.1, 0.15) is 39.5 Å². The first-order chi connectivity index (χ1) is 10.2. The zero-order valence-electron chi connectivity index (χ0n) is 13.0. The molecule has 0 amide bonds. The van der Waals surface area contributed by atoms with Gasteiger partial charge in [-0.1, -0.05) is 24.9 Å². The van der Waals surface area contributed by atoms with Crippen LogP contribution in [0.15, 0.2) is 6.20 Å². The van der Waals surface area contributed by atoms with Crippen LogP contribution in [0.25, 0.3) is 0 Å². The molecule has 2 N–H and O–H groups in total. The van der Waals surface area contributed by atoms with E-state index < -0.39 is 0 Å². The summed E-state index contributed by atoms with van der Waals surface area (Å²) in [5.41, 5.74) is 0. The monoisotopic (exact) mass is 311 g/mol. The average molecular weight is 312 g/mol. The molecule has 1 unspecified atom stereocenters. The molecule has 6 heteroatoms. The Morgan fingerprint density at radius 1 is 1.29 bits per heavy atom. The Bertz CT molecular complexity index is 434. The molecule has 1 aromatic heterocycles. The van der Waals surface area contributed by atoms with Crippen LogP contribution in [0.3, 0.4) is 0 Å². The minimum Gasteiger partial charge on any atom is -0.367 e. The number of likely N-dealkylation sites (tertiary alicyclic amines) is 1. The van der Waals surface area contributed by atoms with Gasteiger partial charge in [0.25, 0.3) is 0 Å². The molecular weight excluding hydrogens is 286 g/mol. The second-order valence-electron chi connectivity index (χ2n) is 5.64. The maximum absolute atomic E-state index is 6.17. The van der Waals surface area contributed by atoms with Crippen molar-refractivity contribution in [3.8, 4) is 0 Å². The number of anilines is 2. The smallest absolute Gasteiger partial charge is 0.224 e. The molecule has 0 bridgehead atoms. The Hall–Kier alpha value is -1.07. The standard InChI is InChI=1S/C15H26ClN5/c1-3-7-17-15-19-11-13(16)14(20-15)18-10-12(2)21-8-5-4-6-9-21/h11-12H,3-10H2,1-2H3,(H2,17,18,19,20). The zero-order chi connectivity index (χ0) is 15.1. The Labute approximate surface area is 132 Å². The third kappa shape index (κ3) is 5.00. The van der Waals surface area contributed by atoms with Crippen LogP contribution in [0.4, 0.5) is 11.8 Å². The van der Waals surface area contributed by atoms with Gasteiger partial charge in [0.2, 0.25) is 5.95 Å². The fourth-order valence-electron chi connectivity index (χ4n) is 2.55. The van der Waals surface area contributed by atoms with Crippen LogP contribution in [0.5, 0.6) is 0 Å². The first-order valence-electron chi connectivity index (χ1n) is 7.95. The quantitative estimate of drug-likeness (QED) is 0.809. The van der Waals surface area contributed by atoms with Gasteiger partial charge in [0.1, 0.15) is 5.02 Å². The summed E-state index contributed by atoms with van der Waals surface area (Å²) in [6.07, 6.45) is 6.68. The van der Waals surface area contributed by atoms with E-state index >= 15 is 0 Å². The van der Waals surface area contributed by atoms with E-state index in [1.165, 1.54) is 32.4 Å². The number of halogens is 1. The van der Waals surface area contributed by atoms with E-state index in [1.807, 2.05) is 0 Å². The van der Waals surface area contributed by atoms with Gasteiger partial charge in [-0.05, 0) is 39.3 Å². The van der Waals surface area contributed by atoms with Crippen molar-refractivity contribution in [1.29, 1.82) is 0 Å². The third-order valence-corrected chi connectivity index (χ3v) is 4.13. The Kier molecular flexibility index (Phi) is 6.51. The number of piperidine rings is 1. The lowest BCUT2D eigenvalue weighted by Gasteiger charge is -2.32. The summed E-state index contributed by atoms with van der Waals surface area (Å²) in [5, 5.41) is 7.12. The minimum atomic E-state index is 0.489. The highest BCUT2D eigenvalue weighted by molar-refractivity contribution is 6.32. The molecule has 1 fully saturated rings. The molecule has 0 radical (unpaired) electrons. The van der Waals surface area contributed by atoms with Gasteiger partial charge in [-0.2, -0.15) is 4.98 Å². The number of rotatable bonds is 7. The van der Waals surface area contributed by atoms with E-state index in [4.69, 9.17) is 11.6 Å². The molecule has 118 valence electrons. The lowest BCUT2D eigenvalue weighted by molar-refractivity contribution is 0.180. The van der Waals surface area contributed by atoms with Crippen molar-refractivity contribution in [1.82, 2.24) is 14.9 Å². The lowest BCUT2D eigenvalue weighted by Crippen LogP contribution is -2.41. The lowest BCUT2D eigenvalue weighted by atomic mass is 10.1. The van der Waals surface area contributed by atoms with E-state index in [0.29, 0.717) is 22.8 Å². The molecule has 1 aliphatic rings. The molecule has 0 saturated carbocycles. The van der Waals surface area contributed by atoms with Crippen molar-refractivity contribution < 1.29 is 0 Å². The molecular formula is C15H26ClN5. The fraction of sp³-hybridized carbons (Fsp3) is 0.733. The van der Waals surface area contributed by atoms with Gasteiger partial charge >= 0.3 is 0 Å².